The van der Waals surface area contributed by atoms with E-state index in [1.165, 1.54) is 6.07 Å². The van der Waals surface area contributed by atoms with Crippen molar-refractivity contribution in [3.63, 3.8) is 0 Å². The molecular weight excluding hydrogens is 410 g/mol. The maximum Gasteiger partial charge on any atom is 0.328 e. The van der Waals surface area contributed by atoms with Gasteiger partial charge < -0.3 is 15.0 Å². The van der Waals surface area contributed by atoms with Gasteiger partial charge in [-0.1, -0.05) is 37.3 Å². The molecule has 0 spiro atoms. The van der Waals surface area contributed by atoms with Crippen LogP contribution in [0.3, 0.4) is 0 Å². The van der Waals surface area contributed by atoms with Crippen molar-refractivity contribution in [3.8, 4) is 0 Å². The monoisotopic (exact) mass is 439 g/mol. The average molecular weight is 440 g/mol. The van der Waals surface area contributed by atoms with Crippen molar-refractivity contribution in [2.75, 3.05) is 24.6 Å². The van der Waals surface area contributed by atoms with E-state index in [9.17, 15) is 19.7 Å². The van der Waals surface area contributed by atoms with Gasteiger partial charge in [-0.15, -0.1) is 0 Å². The third-order valence-electron chi connectivity index (χ3n) is 5.72. The summed E-state index contributed by atoms with van der Waals surface area (Å²) in [6.45, 7) is 5.55. The van der Waals surface area contributed by atoms with Crippen molar-refractivity contribution in [1.82, 2.24) is 5.32 Å². The zero-order chi connectivity index (χ0) is 23.1. The van der Waals surface area contributed by atoms with Gasteiger partial charge in [0.25, 0.3) is 11.6 Å². The molecule has 0 aliphatic carbocycles. The predicted molar refractivity (Wildman–Crippen MR) is 122 cm³/mol. The number of benzene rings is 2. The number of nitro benzene ring substituents is 1. The summed E-state index contributed by atoms with van der Waals surface area (Å²) in [5.74, 6) is -0.501. The predicted octanol–water partition coefficient (Wildman–Crippen LogP) is 3.74. The molecule has 8 heteroatoms. The molecule has 0 aromatic heterocycles. The van der Waals surface area contributed by atoms with E-state index in [4.69, 9.17) is 4.74 Å². The molecular formula is C24H29N3O5. The average Bonchev–Trinajstić information content (AvgIpc) is 2.79. The lowest BCUT2D eigenvalue weighted by molar-refractivity contribution is -0.384. The molecule has 1 fully saturated rings. The molecule has 1 aliphatic rings. The van der Waals surface area contributed by atoms with Gasteiger partial charge in [-0.25, -0.2) is 4.79 Å². The minimum atomic E-state index is -0.896. The number of nitro groups is 1. The van der Waals surface area contributed by atoms with Crippen LogP contribution in [0.15, 0.2) is 48.5 Å². The Bertz CT molecular complexity index is 955. The van der Waals surface area contributed by atoms with Gasteiger partial charge in [0.05, 0.1) is 11.5 Å². The number of amides is 1. The number of nitrogens with one attached hydrogen (secondary N) is 1. The van der Waals surface area contributed by atoms with Gasteiger partial charge in [0, 0.05) is 31.1 Å². The summed E-state index contributed by atoms with van der Waals surface area (Å²) in [7, 11) is 0. The summed E-state index contributed by atoms with van der Waals surface area (Å²) in [6.07, 6.45) is 2.21. The Morgan fingerprint density at radius 1 is 1.19 bits per heavy atom. The summed E-state index contributed by atoms with van der Waals surface area (Å²) in [5.41, 5.74) is 1.41. The first-order valence-corrected chi connectivity index (χ1v) is 10.9. The Balaban J connectivity index is 1.80. The summed E-state index contributed by atoms with van der Waals surface area (Å²) < 4.78 is 5.11. The Morgan fingerprint density at radius 3 is 2.50 bits per heavy atom. The third-order valence-corrected chi connectivity index (χ3v) is 5.72. The first kappa shape index (κ1) is 23.2. The fourth-order valence-corrected chi connectivity index (χ4v) is 3.86. The van der Waals surface area contributed by atoms with E-state index in [-0.39, 0.29) is 24.3 Å². The van der Waals surface area contributed by atoms with E-state index in [0.717, 1.165) is 31.5 Å². The van der Waals surface area contributed by atoms with Crippen LogP contribution in [0.2, 0.25) is 0 Å². The molecule has 1 atom stereocenters. The van der Waals surface area contributed by atoms with Crippen LogP contribution in [0.1, 0.15) is 42.6 Å². The molecule has 8 nitrogen and oxygen atoms in total. The molecule has 1 heterocycles. The maximum absolute atomic E-state index is 12.9. The number of carbonyl (C=O) groups is 2. The maximum atomic E-state index is 12.9. The second-order valence-corrected chi connectivity index (χ2v) is 8.10. The highest BCUT2D eigenvalue weighted by Gasteiger charge is 2.27. The van der Waals surface area contributed by atoms with E-state index in [2.05, 4.69) is 12.2 Å². The SMILES string of the molecule is CCOC(=O)C(Cc1ccccc1)NC(=O)c1ccc(N2CCC(C)CC2)c([N+](=O)[O-])c1. The Labute approximate surface area is 187 Å². The number of piperidine rings is 1. The summed E-state index contributed by atoms with van der Waals surface area (Å²) in [5, 5.41) is 14.4. The number of rotatable bonds is 8. The standard InChI is InChI=1S/C24H29N3O5/c1-3-32-24(29)20(15-18-7-5-4-6-8-18)25-23(28)19-9-10-21(22(16-19)27(30)31)26-13-11-17(2)12-14-26/h4-10,16-17,20H,3,11-15H2,1-2H3,(H,25,28). The van der Waals surface area contributed by atoms with Crippen LogP contribution in [0.25, 0.3) is 0 Å². The first-order chi connectivity index (χ1) is 15.4. The Hall–Kier alpha value is -3.42. The second-order valence-electron chi connectivity index (χ2n) is 8.10. The van der Waals surface area contributed by atoms with Crippen molar-refractivity contribution in [2.45, 2.75) is 39.2 Å². The molecule has 2 aromatic carbocycles. The largest absolute Gasteiger partial charge is 0.464 e. The Kier molecular flexibility index (Phi) is 7.81. The minimum absolute atomic E-state index is 0.108. The van der Waals surface area contributed by atoms with Crippen molar-refractivity contribution < 1.29 is 19.2 Å². The van der Waals surface area contributed by atoms with Gasteiger partial charge in [-0.2, -0.15) is 0 Å². The molecule has 1 unspecified atom stereocenters. The molecule has 32 heavy (non-hydrogen) atoms. The molecule has 1 amide bonds. The van der Waals surface area contributed by atoms with E-state index in [0.29, 0.717) is 11.6 Å². The van der Waals surface area contributed by atoms with Crippen molar-refractivity contribution in [3.05, 3.63) is 69.8 Å². The lowest BCUT2D eigenvalue weighted by atomic mass is 9.98. The summed E-state index contributed by atoms with van der Waals surface area (Å²) in [6, 6.07) is 12.9. The summed E-state index contributed by atoms with van der Waals surface area (Å²) in [4.78, 5) is 38.6. The van der Waals surface area contributed by atoms with Gasteiger partial charge in [-0.05, 0) is 43.4 Å². The molecule has 1 N–H and O–H groups in total. The van der Waals surface area contributed by atoms with Crippen LogP contribution in [0, 0.1) is 16.0 Å². The smallest absolute Gasteiger partial charge is 0.328 e. The van der Waals surface area contributed by atoms with Crippen LogP contribution in [-0.2, 0) is 16.0 Å². The highest BCUT2D eigenvalue weighted by atomic mass is 16.6. The van der Waals surface area contributed by atoms with E-state index >= 15 is 0 Å². The number of hydrogen-bond donors (Lipinski definition) is 1. The van der Waals surface area contributed by atoms with Crippen LogP contribution < -0.4 is 10.2 Å². The molecule has 1 aliphatic heterocycles. The fourth-order valence-electron chi connectivity index (χ4n) is 3.86. The molecule has 1 saturated heterocycles. The number of carbonyl (C=O) groups excluding carboxylic acids is 2. The highest BCUT2D eigenvalue weighted by molar-refractivity contribution is 5.98. The number of hydrogen-bond acceptors (Lipinski definition) is 6. The Morgan fingerprint density at radius 2 is 1.88 bits per heavy atom. The number of anilines is 1. The van der Waals surface area contributed by atoms with Crippen molar-refractivity contribution in [1.29, 1.82) is 0 Å². The van der Waals surface area contributed by atoms with Gasteiger partial charge in [0.15, 0.2) is 0 Å². The third kappa shape index (κ3) is 5.84. The summed E-state index contributed by atoms with van der Waals surface area (Å²) >= 11 is 0. The second kappa shape index (κ2) is 10.7. The zero-order valence-corrected chi connectivity index (χ0v) is 18.5. The molecule has 0 saturated carbocycles. The lowest BCUT2D eigenvalue weighted by Gasteiger charge is -2.31. The van der Waals surface area contributed by atoms with Crippen molar-refractivity contribution in [2.24, 2.45) is 5.92 Å². The van der Waals surface area contributed by atoms with E-state index < -0.39 is 22.8 Å². The normalized spacial score (nSPS) is 15.1. The molecule has 0 radical (unpaired) electrons. The molecule has 2 aromatic rings. The number of nitrogens with zero attached hydrogens (tertiary/aromatic N) is 2. The van der Waals surface area contributed by atoms with Crippen LogP contribution in [0.5, 0.6) is 0 Å². The van der Waals surface area contributed by atoms with Crippen molar-refractivity contribution >= 4 is 23.3 Å². The quantitative estimate of drug-likeness (QED) is 0.382. The highest BCUT2D eigenvalue weighted by Crippen LogP contribution is 2.32. The lowest BCUT2D eigenvalue weighted by Crippen LogP contribution is -2.43. The number of ether oxygens (including phenoxy) is 1. The minimum Gasteiger partial charge on any atom is -0.464 e. The number of esters is 1. The molecule has 0 bridgehead atoms. The van der Waals surface area contributed by atoms with Gasteiger partial charge in [0.2, 0.25) is 0 Å². The zero-order valence-electron chi connectivity index (χ0n) is 18.5. The van der Waals surface area contributed by atoms with Gasteiger partial charge in [-0.3, -0.25) is 14.9 Å². The van der Waals surface area contributed by atoms with Crippen LogP contribution >= 0.6 is 0 Å². The van der Waals surface area contributed by atoms with Gasteiger partial charge in [0.1, 0.15) is 11.7 Å². The van der Waals surface area contributed by atoms with Crippen LogP contribution in [0.4, 0.5) is 11.4 Å². The topological polar surface area (TPSA) is 102 Å². The van der Waals surface area contributed by atoms with E-state index in [1.54, 1.807) is 19.1 Å². The van der Waals surface area contributed by atoms with Gasteiger partial charge >= 0.3 is 5.97 Å². The molecule has 170 valence electrons. The van der Waals surface area contributed by atoms with Crippen LogP contribution in [-0.4, -0.2) is 42.5 Å². The molecule has 3 rings (SSSR count). The fraction of sp³-hybridized carbons (Fsp3) is 0.417. The first-order valence-electron chi connectivity index (χ1n) is 10.9. The van der Waals surface area contributed by atoms with E-state index in [1.807, 2.05) is 35.2 Å².